The average molecular weight is 499 g/mol. The van der Waals surface area contributed by atoms with Gasteiger partial charge >= 0.3 is 0 Å². The number of nitrogens with zero attached hydrogens (tertiary/aromatic N) is 3. The molecule has 2 heterocycles. The third-order valence-electron chi connectivity index (χ3n) is 6.34. The molecule has 37 heavy (non-hydrogen) atoms. The molecule has 0 bridgehead atoms. The SMILES string of the molecule is C=CC(=C)N1CC(Oc2cc3c(Nc4cc(-c5ccccc5F)ccc4OC)ncnc3cc2OC)C1. The molecular formula is C29H27FN4O3. The van der Waals surface area contributed by atoms with E-state index in [2.05, 4.69) is 33.3 Å². The maximum atomic E-state index is 14.5. The van der Waals surface area contributed by atoms with Crippen molar-refractivity contribution in [1.82, 2.24) is 14.9 Å². The first-order valence-electron chi connectivity index (χ1n) is 11.8. The minimum absolute atomic E-state index is 0.0124. The summed E-state index contributed by atoms with van der Waals surface area (Å²) in [6, 6.07) is 15.8. The lowest BCUT2D eigenvalue weighted by molar-refractivity contribution is 0.0454. The molecule has 188 valence electrons. The first-order valence-corrected chi connectivity index (χ1v) is 11.8. The lowest BCUT2D eigenvalue weighted by atomic mass is 10.0. The summed E-state index contributed by atoms with van der Waals surface area (Å²) >= 11 is 0. The van der Waals surface area contributed by atoms with E-state index in [-0.39, 0.29) is 11.9 Å². The maximum Gasteiger partial charge on any atom is 0.162 e. The second-order valence-electron chi connectivity index (χ2n) is 8.60. The van der Waals surface area contributed by atoms with E-state index in [1.54, 1.807) is 44.6 Å². The highest BCUT2D eigenvalue weighted by atomic mass is 19.1. The highest BCUT2D eigenvalue weighted by molar-refractivity contribution is 5.93. The molecule has 3 aromatic carbocycles. The van der Waals surface area contributed by atoms with Gasteiger partial charge in [-0.15, -0.1) is 0 Å². The summed E-state index contributed by atoms with van der Waals surface area (Å²) in [5.41, 5.74) is 3.40. The molecule has 0 spiro atoms. The van der Waals surface area contributed by atoms with Gasteiger partial charge in [-0.2, -0.15) is 0 Å². The number of rotatable bonds is 9. The number of halogens is 1. The Kier molecular flexibility index (Phi) is 6.64. The van der Waals surface area contributed by atoms with Crippen LogP contribution in [0, 0.1) is 5.82 Å². The van der Waals surface area contributed by atoms with Crippen molar-refractivity contribution in [3.8, 4) is 28.4 Å². The van der Waals surface area contributed by atoms with Gasteiger partial charge < -0.3 is 24.4 Å². The van der Waals surface area contributed by atoms with Crippen LogP contribution in [0.25, 0.3) is 22.0 Å². The number of aromatic nitrogens is 2. The average Bonchev–Trinajstić information content (AvgIpc) is 2.90. The lowest BCUT2D eigenvalue weighted by Gasteiger charge is -2.41. The molecule has 4 aromatic rings. The first kappa shape index (κ1) is 24.1. The molecule has 0 amide bonds. The van der Waals surface area contributed by atoms with Crippen LogP contribution in [0.1, 0.15) is 0 Å². The molecular weight excluding hydrogens is 471 g/mol. The van der Waals surface area contributed by atoms with Crippen molar-refractivity contribution < 1.29 is 18.6 Å². The molecule has 0 radical (unpaired) electrons. The Hall–Kier alpha value is -4.59. The van der Waals surface area contributed by atoms with E-state index in [1.165, 1.54) is 12.4 Å². The summed E-state index contributed by atoms with van der Waals surface area (Å²) in [5, 5.41) is 4.09. The number of hydrogen-bond acceptors (Lipinski definition) is 7. The zero-order chi connectivity index (χ0) is 25.9. The summed E-state index contributed by atoms with van der Waals surface area (Å²) in [7, 11) is 3.18. The minimum atomic E-state index is -0.300. The van der Waals surface area contributed by atoms with Gasteiger partial charge in [-0.3, -0.25) is 0 Å². The number of allylic oxidation sites excluding steroid dienone is 1. The molecule has 1 aliphatic heterocycles. The number of anilines is 2. The van der Waals surface area contributed by atoms with Crippen LogP contribution in [0.15, 0.2) is 85.9 Å². The van der Waals surface area contributed by atoms with Crippen molar-refractivity contribution in [2.45, 2.75) is 6.10 Å². The molecule has 8 heteroatoms. The molecule has 1 aliphatic rings. The van der Waals surface area contributed by atoms with Gasteiger partial charge in [0.1, 0.15) is 29.8 Å². The Labute approximate surface area is 214 Å². The fourth-order valence-electron chi connectivity index (χ4n) is 4.27. The van der Waals surface area contributed by atoms with Crippen LogP contribution in [0.2, 0.25) is 0 Å². The predicted molar refractivity (Wildman–Crippen MR) is 143 cm³/mol. The van der Waals surface area contributed by atoms with Crippen LogP contribution in [-0.4, -0.2) is 48.3 Å². The molecule has 1 fully saturated rings. The molecule has 7 nitrogen and oxygen atoms in total. The lowest BCUT2D eigenvalue weighted by Crippen LogP contribution is -2.52. The van der Waals surface area contributed by atoms with Crippen molar-refractivity contribution in [3.63, 3.8) is 0 Å². The van der Waals surface area contributed by atoms with Crippen LogP contribution < -0.4 is 19.5 Å². The van der Waals surface area contributed by atoms with E-state index in [1.807, 2.05) is 24.3 Å². The molecule has 1 N–H and O–H groups in total. The van der Waals surface area contributed by atoms with Gasteiger partial charge in [0, 0.05) is 22.7 Å². The molecule has 5 rings (SSSR count). The molecule has 0 atom stereocenters. The largest absolute Gasteiger partial charge is 0.495 e. The second-order valence-corrected chi connectivity index (χ2v) is 8.60. The van der Waals surface area contributed by atoms with Gasteiger partial charge in [-0.25, -0.2) is 14.4 Å². The number of ether oxygens (including phenoxy) is 3. The van der Waals surface area contributed by atoms with Gasteiger partial charge in [0.25, 0.3) is 0 Å². The van der Waals surface area contributed by atoms with Gasteiger partial charge in [0.15, 0.2) is 11.5 Å². The summed E-state index contributed by atoms with van der Waals surface area (Å²) < 4.78 is 31.9. The number of likely N-dealkylation sites (tertiary alicyclic amines) is 1. The number of nitrogens with one attached hydrogen (secondary N) is 1. The van der Waals surface area contributed by atoms with E-state index < -0.39 is 0 Å². The Morgan fingerprint density at radius 2 is 1.81 bits per heavy atom. The number of fused-ring (bicyclic) bond motifs is 1. The van der Waals surface area contributed by atoms with Crippen molar-refractivity contribution >= 4 is 22.4 Å². The smallest absolute Gasteiger partial charge is 0.162 e. The molecule has 1 aromatic heterocycles. The fourth-order valence-corrected chi connectivity index (χ4v) is 4.27. The number of hydrogen-bond donors (Lipinski definition) is 1. The topological polar surface area (TPSA) is 68.7 Å². The van der Waals surface area contributed by atoms with Crippen LogP contribution in [-0.2, 0) is 0 Å². The molecule has 0 unspecified atom stereocenters. The number of methoxy groups -OCH3 is 2. The molecule has 0 aliphatic carbocycles. The highest BCUT2D eigenvalue weighted by Crippen LogP contribution is 2.38. The minimum Gasteiger partial charge on any atom is -0.495 e. The maximum absolute atomic E-state index is 14.5. The summed E-state index contributed by atoms with van der Waals surface area (Å²) in [6.07, 6.45) is 3.20. The highest BCUT2D eigenvalue weighted by Gasteiger charge is 2.29. The van der Waals surface area contributed by atoms with Crippen molar-refractivity contribution in [2.75, 3.05) is 32.6 Å². The van der Waals surface area contributed by atoms with E-state index in [4.69, 9.17) is 14.2 Å². The van der Waals surface area contributed by atoms with Crippen LogP contribution in [0.4, 0.5) is 15.9 Å². The van der Waals surface area contributed by atoms with Crippen molar-refractivity contribution in [3.05, 3.63) is 91.7 Å². The zero-order valence-corrected chi connectivity index (χ0v) is 20.7. The van der Waals surface area contributed by atoms with Gasteiger partial charge in [-0.05, 0) is 35.9 Å². The number of benzene rings is 3. The van der Waals surface area contributed by atoms with Gasteiger partial charge in [0.2, 0.25) is 0 Å². The Bertz CT molecular complexity index is 1480. The van der Waals surface area contributed by atoms with E-state index >= 15 is 0 Å². The van der Waals surface area contributed by atoms with Gasteiger partial charge in [-0.1, -0.05) is 37.4 Å². The zero-order valence-electron chi connectivity index (χ0n) is 20.7. The summed E-state index contributed by atoms with van der Waals surface area (Å²) in [4.78, 5) is 11.0. The monoisotopic (exact) mass is 498 g/mol. The Balaban J connectivity index is 1.49. The summed E-state index contributed by atoms with van der Waals surface area (Å²) in [6.45, 7) is 9.17. The van der Waals surface area contributed by atoms with Gasteiger partial charge in [0.05, 0.1) is 38.5 Å². The van der Waals surface area contributed by atoms with Crippen molar-refractivity contribution in [2.24, 2.45) is 0 Å². The Morgan fingerprint density at radius 3 is 2.54 bits per heavy atom. The van der Waals surface area contributed by atoms with Crippen LogP contribution >= 0.6 is 0 Å². The second kappa shape index (κ2) is 10.2. The molecule has 0 saturated carbocycles. The van der Waals surface area contributed by atoms with E-state index in [0.717, 1.165) is 11.1 Å². The van der Waals surface area contributed by atoms with Crippen LogP contribution in [0.3, 0.4) is 0 Å². The van der Waals surface area contributed by atoms with E-state index in [0.29, 0.717) is 58.5 Å². The normalized spacial score (nSPS) is 13.1. The van der Waals surface area contributed by atoms with Crippen LogP contribution in [0.5, 0.6) is 17.2 Å². The first-order chi connectivity index (χ1) is 18.0. The van der Waals surface area contributed by atoms with E-state index in [9.17, 15) is 4.39 Å². The predicted octanol–water partition coefficient (Wildman–Crippen LogP) is 5.96. The summed E-state index contributed by atoms with van der Waals surface area (Å²) in [5.74, 6) is 2.02. The Morgan fingerprint density at radius 1 is 1.03 bits per heavy atom. The fraction of sp³-hybridized carbons (Fsp3) is 0.172. The standard InChI is InChI=1S/C29H27FN4O3/c1-5-18(2)34-15-20(16-34)37-28-13-22-24(14-27(28)36-4)31-17-32-29(22)33-25-12-19(10-11-26(25)35-3)21-8-6-7-9-23(21)30/h5-14,17,20H,1-2,15-16H2,3-4H3,(H,31,32,33). The molecule has 1 saturated heterocycles. The quantitative estimate of drug-likeness (QED) is 0.286. The third kappa shape index (κ3) is 4.78. The third-order valence-corrected chi connectivity index (χ3v) is 6.34. The van der Waals surface area contributed by atoms with Crippen molar-refractivity contribution in [1.29, 1.82) is 0 Å².